The van der Waals surface area contributed by atoms with Gasteiger partial charge in [-0.05, 0) is 31.0 Å². The van der Waals surface area contributed by atoms with Crippen molar-refractivity contribution in [3.05, 3.63) is 23.8 Å². The maximum Gasteiger partial charge on any atom is 0.0364 e. The lowest BCUT2D eigenvalue weighted by atomic mass is 10.2. The summed E-state index contributed by atoms with van der Waals surface area (Å²) in [5.41, 5.74) is 8.91. The highest BCUT2D eigenvalue weighted by atomic mass is 14.9. The van der Waals surface area contributed by atoms with Gasteiger partial charge in [0.05, 0.1) is 0 Å². The van der Waals surface area contributed by atoms with E-state index in [-0.39, 0.29) is 0 Å². The van der Waals surface area contributed by atoms with E-state index in [1.54, 1.807) is 0 Å². The van der Waals surface area contributed by atoms with Crippen LogP contribution in [0, 0.1) is 6.92 Å². The lowest BCUT2D eigenvalue weighted by Crippen LogP contribution is -2.01. The van der Waals surface area contributed by atoms with Crippen LogP contribution in [-0.4, -0.2) is 6.54 Å². The lowest BCUT2D eigenvalue weighted by molar-refractivity contribution is 0.834. The summed E-state index contributed by atoms with van der Waals surface area (Å²) < 4.78 is 0. The van der Waals surface area contributed by atoms with Crippen LogP contribution in [-0.2, 0) is 0 Å². The Bertz CT molecular complexity index is 269. The number of unbranched alkanes of at least 4 members (excludes halogenated alkanes) is 1. The fourth-order valence-corrected chi connectivity index (χ4v) is 1.16. The Balaban J connectivity index is 2.53. The van der Waals surface area contributed by atoms with Crippen molar-refractivity contribution in [3.63, 3.8) is 0 Å². The van der Waals surface area contributed by atoms with E-state index in [4.69, 9.17) is 5.73 Å². The minimum Gasteiger partial charge on any atom is -0.398 e. The van der Waals surface area contributed by atoms with Gasteiger partial charge in [-0.3, -0.25) is 0 Å². The first-order chi connectivity index (χ1) is 6.24. The molecule has 0 aromatic heterocycles. The molecule has 0 saturated heterocycles. The van der Waals surface area contributed by atoms with Gasteiger partial charge in [-0.15, -0.1) is 0 Å². The predicted octanol–water partition coefficient (Wildman–Crippen LogP) is 2.79. The molecule has 3 N–H and O–H groups in total. The fraction of sp³-hybridized carbons (Fsp3) is 0.455. The number of nitrogen functional groups attached to an aromatic ring is 1. The highest BCUT2D eigenvalue weighted by Gasteiger charge is 1.95. The number of hydrogen-bond donors (Lipinski definition) is 2. The Morgan fingerprint density at radius 2 is 2.15 bits per heavy atom. The van der Waals surface area contributed by atoms with Crippen molar-refractivity contribution >= 4 is 11.4 Å². The molecule has 0 amide bonds. The van der Waals surface area contributed by atoms with E-state index in [2.05, 4.69) is 18.3 Å². The molecule has 1 rings (SSSR count). The SMILES string of the molecule is CCCCNc1ccc(C)c(N)c1. The normalized spacial score (nSPS) is 10.0. The monoisotopic (exact) mass is 178 g/mol. The topological polar surface area (TPSA) is 38.0 Å². The van der Waals surface area contributed by atoms with Gasteiger partial charge in [0.25, 0.3) is 0 Å². The second-order valence-corrected chi connectivity index (χ2v) is 3.35. The second-order valence-electron chi connectivity index (χ2n) is 3.35. The molecular weight excluding hydrogens is 160 g/mol. The van der Waals surface area contributed by atoms with Crippen LogP contribution in [0.15, 0.2) is 18.2 Å². The van der Waals surface area contributed by atoms with E-state index < -0.39 is 0 Å². The molecule has 0 radical (unpaired) electrons. The van der Waals surface area contributed by atoms with Crippen molar-refractivity contribution in [3.8, 4) is 0 Å². The Labute approximate surface area is 80.1 Å². The first kappa shape index (κ1) is 9.90. The molecular formula is C11H18N2. The summed E-state index contributed by atoms with van der Waals surface area (Å²) in [6.45, 7) is 5.23. The molecule has 0 aliphatic rings. The Kier molecular flexibility index (Phi) is 3.62. The minimum atomic E-state index is 0.862. The number of benzene rings is 1. The van der Waals surface area contributed by atoms with Crippen molar-refractivity contribution in [2.75, 3.05) is 17.6 Å². The van der Waals surface area contributed by atoms with Gasteiger partial charge in [-0.2, -0.15) is 0 Å². The van der Waals surface area contributed by atoms with Gasteiger partial charge >= 0.3 is 0 Å². The van der Waals surface area contributed by atoms with Gasteiger partial charge in [0.15, 0.2) is 0 Å². The largest absolute Gasteiger partial charge is 0.398 e. The molecule has 0 bridgehead atoms. The van der Waals surface area contributed by atoms with Crippen LogP contribution in [0.4, 0.5) is 11.4 Å². The molecule has 0 aliphatic heterocycles. The van der Waals surface area contributed by atoms with Gasteiger partial charge in [0, 0.05) is 17.9 Å². The van der Waals surface area contributed by atoms with E-state index in [0.29, 0.717) is 0 Å². The van der Waals surface area contributed by atoms with Crippen LogP contribution in [0.2, 0.25) is 0 Å². The Hall–Kier alpha value is -1.18. The van der Waals surface area contributed by atoms with E-state index in [0.717, 1.165) is 23.5 Å². The quantitative estimate of drug-likeness (QED) is 0.549. The van der Waals surface area contributed by atoms with Gasteiger partial charge in [-0.25, -0.2) is 0 Å². The van der Waals surface area contributed by atoms with Gasteiger partial charge in [0.1, 0.15) is 0 Å². The zero-order valence-corrected chi connectivity index (χ0v) is 8.43. The second kappa shape index (κ2) is 4.75. The molecule has 2 nitrogen and oxygen atoms in total. The summed E-state index contributed by atoms with van der Waals surface area (Å²) in [6.07, 6.45) is 2.42. The molecule has 1 aromatic carbocycles. The van der Waals surface area contributed by atoms with Crippen LogP contribution in [0.25, 0.3) is 0 Å². The van der Waals surface area contributed by atoms with Crippen molar-refractivity contribution < 1.29 is 0 Å². The highest BCUT2D eigenvalue weighted by molar-refractivity contribution is 5.58. The third kappa shape index (κ3) is 2.98. The molecule has 0 fully saturated rings. The van der Waals surface area contributed by atoms with Crippen molar-refractivity contribution in [1.82, 2.24) is 0 Å². The zero-order chi connectivity index (χ0) is 9.68. The van der Waals surface area contributed by atoms with Crippen LogP contribution < -0.4 is 11.1 Å². The average Bonchev–Trinajstić information content (AvgIpc) is 2.12. The highest BCUT2D eigenvalue weighted by Crippen LogP contribution is 2.16. The summed E-state index contributed by atoms with van der Waals surface area (Å²) in [6, 6.07) is 6.11. The Morgan fingerprint density at radius 1 is 1.38 bits per heavy atom. The van der Waals surface area contributed by atoms with E-state index in [9.17, 15) is 0 Å². The maximum atomic E-state index is 5.78. The summed E-state index contributed by atoms with van der Waals surface area (Å²) >= 11 is 0. The summed E-state index contributed by atoms with van der Waals surface area (Å²) in [5.74, 6) is 0. The molecule has 0 unspecified atom stereocenters. The summed E-state index contributed by atoms with van der Waals surface area (Å²) in [7, 11) is 0. The smallest absolute Gasteiger partial charge is 0.0364 e. The van der Waals surface area contributed by atoms with Gasteiger partial charge < -0.3 is 11.1 Å². The van der Waals surface area contributed by atoms with Crippen molar-refractivity contribution in [2.45, 2.75) is 26.7 Å². The molecule has 0 atom stereocenters. The molecule has 2 heteroatoms. The third-order valence-corrected chi connectivity index (χ3v) is 2.14. The van der Waals surface area contributed by atoms with Crippen LogP contribution in [0.5, 0.6) is 0 Å². The summed E-state index contributed by atoms with van der Waals surface area (Å²) in [4.78, 5) is 0. The first-order valence-corrected chi connectivity index (χ1v) is 4.84. The molecule has 1 aromatic rings. The van der Waals surface area contributed by atoms with E-state index in [1.807, 2.05) is 19.1 Å². The fourth-order valence-electron chi connectivity index (χ4n) is 1.16. The van der Waals surface area contributed by atoms with Crippen LogP contribution in [0.3, 0.4) is 0 Å². The van der Waals surface area contributed by atoms with Gasteiger partial charge in [-0.1, -0.05) is 19.4 Å². The standard InChI is InChI=1S/C11H18N2/c1-3-4-7-13-10-6-5-9(2)11(12)8-10/h5-6,8,13H,3-4,7,12H2,1-2H3. The maximum absolute atomic E-state index is 5.78. The Morgan fingerprint density at radius 3 is 2.77 bits per heavy atom. The molecule has 0 spiro atoms. The number of rotatable bonds is 4. The van der Waals surface area contributed by atoms with E-state index in [1.165, 1.54) is 12.8 Å². The zero-order valence-electron chi connectivity index (χ0n) is 8.43. The van der Waals surface area contributed by atoms with Crippen LogP contribution in [0.1, 0.15) is 25.3 Å². The predicted molar refractivity (Wildman–Crippen MR) is 59.0 cm³/mol. The molecule has 0 heterocycles. The van der Waals surface area contributed by atoms with Crippen LogP contribution >= 0.6 is 0 Å². The number of hydrogen-bond acceptors (Lipinski definition) is 2. The first-order valence-electron chi connectivity index (χ1n) is 4.84. The third-order valence-electron chi connectivity index (χ3n) is 2.14. The molecule has 13 heavy (non-hydrogen) atoms. The lowest BCUT2D eigenvalue weighted by Gasteiger charge is -2.07. The van der Waals surface area contributed by atoms with Crippen molar-refractivity contribution in [1.29, 1.82) is 0 Å². The number of aryl methyl sites for hydroxylation is 1. The minimum absolute atomic E-state index is 0.862. The average molecular weight is 178 g/mol. The summed E-state index contributed by atoms with van der Waals surface area (Å²) in [5, 5.41) is 3.33. The molecule has 0 aliphatic carbocycles. The van der Waals surface area contributed by atoms with Gasteiger partial charge in [0.2, 0.25) is 0 Å². The number of nitrogens with one attached hydrogen (secondary N) is 1. The van der Waals surface area contributed by atoms with E-state index >= 15 is 0 Å². The van der Waals surface area contributed by atoms with Crippen molar-refractivity contribution in [2.24, 2.45) is 0 Å². The molecule has 72 valence electrons. The number of nitrogens with two attached hydrogens (primary N) is 1. The molecule has 0 saturated carbocycles. The number of anilines is 2.